The molecular formula is C19H30N2. The minimum absolute atomic E-state index is 0.692. The SMILES string of the molecule is CCCc1ccccc1N1CC2CCCCN2CC1CC. The van der Waals surface area contributed by atoms with Crippen molar-refractivity contribution in [1.29, 1.82) is 0 Å². The number of rotatable bonds is 4. The van der Waals surface area contributed by atoms with E-state index in [4.69, 9.17) is 0 Å². The predicted molar refractivity (Wildman–Crippen MR) is 91.1 cm³/mol. The predicted octanol–water partition coefficient (Wildman–Crippen LogP) is 4.09. The minimum Gasteiger partial charge on any atom is -0.365 e. The van der Waals surface area contributed by atoms with E-state index in [1.165, 1.54) is 63.8 Å². The molecule has 0 amide bonds. The Morgan fingerprint density at radius 1 is 1.10 bits per heavy atom. The third kappa shape index (κ3) is 3.11. The lowest BCUT2D eigenvalue weighted by atomic mass is 9.94. The molecule has 0 bridgehead atoms. The van der Waals surface area contributed by atoms with Crippen molar-refractivity contribution >= 4 is 5.69 Å². The summed E-state index contributed by atoms with van der Waals surface area (Å²) in [7, 11) is 0. The standard InChI is InChI=1S/C19H30N2/c1-3-9-16-10-5-6-12-19(16)21-15-18-11-7-8-13-20(18)14-17(21)4-2/h5-6,10,12,17-18H,3-4,7-9,11,13-15H2,1-2H3. The summed E-state index contributed by atoms with van der Waals surface area (Å²) in [5.41, 5.74) is 3.05. The number of para-hydroxylation sites is 1. The largest absolute Gasteiger partial charge is 0.365 e. The molecule has 0 aromatic heterocycles. The molecule has 2 heteroatoms. The molecule has 2 atom stereocenters. The second kappa shape index (κ2) is 6.83. The van der Waals surface area contributed by atoms with Crippen LogP contribution < -0.4 is 4.90 Å². The maximum Gasteiger partial charge on any atom is 0.0415 e. The zero-order valence-corrected chi connectivity index (χ0v) is 13.7. The first-order valence-corrected chi connectivity index (χ1v) is 8.92. The van der Waals surface area contributed by atoms with E-state index in [2.05, 4.69) is 47.9 Å². The van der Waals surface area contributed by atoms with Gasteiger partial charge in [0.25, 0.3) is 0 Å². The number of hydrogen-bond acceptors (Lipinski definition) is 2. The molecule has 3 rings (SSSR count). The Morgan fingerprint density at radius 2 is 1.95 bits per heavy atom. The van der Waals surface area contributed by atoms with E-state index in [1.807, 2.05) is 0 Å². The molecule has 2 unspecified atom stereocenters. The number of hydrogen-bond donors (Lipinski definition) is 0. The number of fused-ring (bicyclic) bond motifs is 1. The molecule has 2 fully saturated rings. The van der Waals surface area contributed by atoms with Crippen molar-refractivity contribution in [1.82, 2.24) is 4.90 Å². The molecule has 2 aliphatic heterocycles. The lowest BCUT2D eigenvalue weighted by Gasteiger charge is -2.49. The highest BCUT2D eigenvalue weighted by atomic mass is 15.3. The first kappa shape index (κ1) is 14.9. The molecule has 1 aromatic rings. The molecule has 2 aliphatic rings. The van der Waals surface area contributed by atoms with Crippen LogP contribution in [-0.4, -0.2) is 36.6 Å². The van der Waals surface area contributed by atoms with Gasteiger partial charge < -0.3 is 4.90 Å². The van der Waals surface area contributed by atoms with Gasteiger partial charge in [-0.15, -0.1) is 0 Å². The maximum atomic E-state index is 2.76. The number of nitrogens with zero attached hydrogens (tertiary/aromatic N) is 2. The van der Waals surface area contributed by atoms with E-state index >= 15 is 0 Å². The van der Waals surface area contributed by atoms with Crippen molar-refractivity contribution in [3.05, 3.63) is 29.8 Å². The van der Waals surface area contributed by atoms with Crippen LogP contribution in [0.25, 0.3) is 0 Å². The number of piperazine rings is 1. The van der Waals surface area contributed by atoms with Gasteiger partial charge in [-0.3, -0.25) is 4.90 Å². The first-order chi connectivity index (χ1) is 10.3. The van der Waals surface area contributed by atoms with Gasteiger partial charge in [0, 0.05) is 30.9 Å². The summed E-state index contributed by atoms with van der Waals surface area (Å²) in [5.74, 6) is 0. The molecule has 1 aromatic carbocycles. The van der Waals surface area contributed by atoms with E-state index in [-0.39, 0.29) is 0 Å². The highest BCUT2D eigenvalue weighted by molar-refractivity contribution is 5.55. The zero-order valence-electron chi connectivity index (χ0n) is 13.7. The van der Waals surface area contributed by atoms with Gasteiger partial charge in [0.05, 0.1) is 0 Å². The van der Waals surface area contributed by atoms with E-state index in [0.29, 0.717) is 6.04 Å². The van der Waals surface area contributed by atoms with Crippen LogP contribution in [0.3, 0.4) is 0 Å². The van der Waals surface area contributed by atoms with Crippen LogP contribution in [0, 0.1) is 0 Å². The van der Waals surface area contributed by atoms with Crippen molar-refractivity contribution < 1.29 is 0 Å². The lowest BCUT2D eigenvalue weighted by Crippen LogP contribution is -2.59. The summed E-state index contributed by atoms with van der Waals surface area (Å²) < 4.78 is 0. The maximum absolute atomic E-state index is 2.76. The quantitative estimate of drug-likeness (QED) is 0.822. The smallest absolute Gasteiger partial charge is 0.0415 e. The number of aryl methyl sites for hydroxylation is 1. The van der Waals surface area contributed by atoms with Crippen LogP contribution in [0.1, 0.15) is 51.5 Å². The van der Waals surface area contributed by atoms with Crippen LogP contribution in [0.4, 0.5) is 5.69 Å². The number of anilines is 1. The summed E-state index contributed by atoms with van der Waals surface area (Å²) in [4.78, 5) is 5.49. The van der Waals surface area contributed by atoms with Crippen LogP contribution in [0.5, 0.6) is 0 Å². The van der Waals surface area contributed by atoms with Crippen LogP contribution in [0.2, 0.25) is 0 Å². The Hall–Kier alpha value is -1.02. The van der Waals surface area contributed by atoms with Gasteiger partial charge in [0.2, 0.25) is 0 Å². The Bertz CT molecular complexity index is 457. The van der Waals surface area contributed by atoms with Gasteiger partial charge in [-0.05, 0) is 43.9 Å². The highest BCUT2D eigenvalue weighted by Crippen LogP contribution is 2.31. The average molecular weight is 286 g/mol. The monoisotopic (exact) mass is 286 g/mol. The van der Waals surface area contributed by atoms with Crippen molar-refractivity contribution in [2.75, 3.05) is 24.5 Å². The Balaban J connectivity index is 1.85. The van der Waals surface area contributed by atoms with Crippen LogP contribution >= 0.6 is 0 Å². The highest BCUT2D eigenvalue weighted by Gasteiger charge is 2.34. The molecule has 2 heterocycles. The van der Waals surface area contributed by atoms with Gasteiger partial charge in [0.15, 0.2) is 0 Å². The third-order valence-electron chi connectivity index (χ3n) is 5.33. The normalized spacial score (nSPS) is 26.7. The number of benzene rings is 1. The fourth-order valence-electron chi connectivity index (χ4n) is 4.17. The zero-order chi connectivity index (χ0) is 14.7. The molecular weight excluding hydrogens is 256 g/mol. The fraction of sp³-hybridized carbons (Fsp3) is 0.684. The van der Waals surface area contributed by atoms with Crippen LogP contribution in [0.15, 0.2) is 24.3 Å². The lowest BCUT2D eigenvalue weighted by molar-refractivity contribution is 0.111. The summed E-state index contributed by atoms with van der Waals surface area (Å²) in [6.45, 7) is 8.46. The van der Waals surface area contributed by atoms with E-state index < -0.39 is 0 Å². The fourth-order valence-corrected chi connectivity index (χ4v) is 4.17. The molecule has 0 radical (unpaired) electrons. The van der Waals surface area contributed by atoms with E-state index in [0.717, 1.165) is 6.04 Å². The van der Waals surface area contributed by atoms with Gasteiger partial charge in [-0.25, -0.2) is 0 Å². The second-order valence-corrected chi connectivity index (χ2v) is 6.74. The van der Waals surface area contributed by atoms with Crippen molar-refractivity contribution in [2.45, 2.75) is 64.5 Å². The Morgan fingerprint density at radius 3 is 2.76 bits per heavy atom. The van der Waals surface area contributed by atoms with Gasteiger partial charge in [0.1, 0.15) is 0 Å². The molecule has 0 N–H and O–H groups in total. The number of piperidine rings is 1. The molecule has 2 nitrogen and oxygen atoms in total. The van der Waals surface area contributed by atoms with Crippen molar-refractivity contribution in [2.24, 2.45) is 0 Å². The second-order valence-electron chi connectivity index (χ2n) is 6.74. The summed E-state index contributed by atoms with van der Waals surface area (Å²) in [5, 5.41) is 0. The summed E-state index contributed by atoms with van der Waals surface area (Å²) in [6, 6.07) is 10.6. The van der Waals surface area contributed by atoms with E-state index in [1.54, 1.807) is 5.56 Å². The first-order valence-electron chi connectivity index (χ1n) is 8.92. The molecule has 2 saturated heterocycles. The minimum atomic E-state index is 0.692. The Labute approximate surface area is 130 Å². The average Bonchev–Trinajstić information content (AvgIpc) is 2.54. The molecule has 21 heavy (non-hydrogen) atoms. The third-order valence-corrected chi connectivity index (χ3v) is 5.33. The summed E-state index contributed by atoms with van der Waals surface area (Å²) in [6.07, 6.45) is 7.91. The summed E-state index contributed by atoms with van der Waals surface area (Å²) >= 11 is 0. The van der Waals surface area contributed by atoms with Crippen molar-refractivity contribution in [3.8, 4) is 0 Å². The van der Waals surface area contributed by atoms with Crippen molar-refractivity contribution in [3.63, 3.8) is 0 Å². The Kier molecular flexibility index (Phi) is 4.84. The van der Waals surface area contributed by atoms with E-state index in [9.17, 15) is 0 Å². The van der Waals surface area contributed by atoms with Gasteiger partial charge in [-0.1, -0.05) is 44.9 Å². The van der Waals surface area contributed by atoms with Gasteiger partial charge >= 0.3 is 0 Å². The molecule has 0 aliphatic carbocycles. The molecule has 0 saturated carbocycles. The topological polar surface area (TPSA) is 6.48 Å². The van der Waals surface area contributed by atoms with Gasteiger partial charge in [-0.2, -0.15) is 0 Å². The molecule has 0 spiro atoms. The molecule has 116 valence electrons. The van der Waals surface area contributed by atoms with Crippen LogP contribution in [-0.2, 0) is 6.42 Å².